The number of nitrogens with one attached hydrogen (secondary N) is 1. The third kappa shape index (κ3) is 4.02. The Balaban J connectivity index is 1.23. The van der Waals surface area contributed by atoms with Gasteiger partial charge in [-0.3, -0.25) is 4.79 Å². The van der Waals surface area contributed by atoms with Crippen molar-refractivity contribution in [2.24, 2.45) is 5.92 Å². The van der Waals surface area contributed by atoms with E-state index in [1.807, 2.05) is 18.2 Å². The lowest BCUT2D eigenvalue weighted by atomic mass is 9.92. The third-order valence-corrected chi connectivity index (χ3v) is 5.52. The lowest BCUT2D eigenvalue weighted by Crippen LogP contribution is -2.53. The topological polar surface area (TPSA) is 67.4 Å². The van der Waals surface area contributed by atoms with Crippen LogP contribution in [0.2, 0.25) is 0 Å². The van der Waals surface area contributed by atoms with Crippen LogP contribution in [-0.2, 0) is 28.0 Å². The molecule has 0 radical (unpaired) electrons. The quantitative estimate of drug-likeness (QED) is 0.883. The average molecular weight is 380 g/mol. The second-order valence-electron chi connectivity index (χ2n) is 8.82. The fourth-order valence-corrected chi connectivity index (χ4v) is 3.65. The highest BCUT2D eigenvalue weighted by Crippen LogP contribution is 2.25. The molecule has 0 saturated carbocycles. The first kappa shape index (κ1) is 18.9. The maximum absolute atomic E-state index is 12.5. The standard InChI is InChI=1S/C22H28N4O2/c1-22(2,3)19-8-9-20(25-24-19)26-12-15(13-26)11-23-21(27)18-10-16-6-4-5-7-17(16)14-28-18/h4-9,15,18H,10-14H2,1-3H3,(H,23,27). The van der Waals surface area contributed by atoms with Crippen molar-refractivity contribution in [3.63, 3.8) is 0 Å². The molecule has 1 atom stereocenters. The summed E-state index contributed by atoms with van der Waals surface area (Å²) in [5.41, 5.74) is 3.39. The zero-order chi connectivity index (χ0) is 19.7. The number of carbonyl (C=O) groups excluding carboxylic acids is 1. The van der Waals surface area contributed by atoms with Crippen molar-refractivity contribution in [1.29, 1.82) is 0 Å². The summed E-state index contributed by atoms with van der Waals surface area (Å²) in [6, 6.07) is 12.2. The van der Waals surface area contributed by atoms with Crippen molar-refractivity contribution in [3.8, 4) is 0 Å². The number of carbonyl (C=O) groups is 1. The van der Waals surface area contributed by atoms with Gasteiger partial charge in [0.2, 0.25) is 5.91 Å². The van der Waals surface area contributed by atoms with Gasteiger partial charge in [0.25, 0.3) is 0 Å². The Labute approximate surface area is 166 Å². The Morgan fingerprint density at radius 1 is 1.14 bits per heavy atom. The minimum absolute atomic E-state index is 0.00893. The van der Waals surface area contributed by atoms with Crippen molar-refractivity contribution in [2.75, 3.05) is 24.5 Å². The van der Waals surface area contributed by atoms with Crippen LogP contribution in [-0.4, -0.2) is 41.8 Å². The molecule has 28 heavy (non-hydrogen) atoms. The molecular formula is C22H28N4O2. The van der Waals surface area contributed by atoms with Gasteiger partial charge in [-0.05, 0) is 23.3 Å². The van der Waals surface area contributed by atoms with Crippen LogP contribution in [0.3, 0.4) is 0 Å². The number of rotatable bonds is 4. The van der Waals surface area contributed by atoms with E-state index in [0.717, 1.165) is 24.6 Å². The van der Waals surface area contributed by atoms with Crippen molar-refractivity contribution in [3.05, 3.63) is 53.2 Å². The van der Waals surface area contributed by atoms with Crippen LogP contribution in [0.25, 0.3) is 0 Å². The first-order valence-corrected chi connectivity index (χ1v) is 9.95. The van der Waals surface area contributed by atoms with Crippen LogP contribution in [0.4, 0.5) is 5.82 Å². The van der Waals surface area contributed by atoms with Gasteiger partial charge in [0.15, 0.2) is 5.82 Å². The van der Waals surface area contributed by atoms with Crippen LogP contribution < -0.4 is 10.2 Å². The van der Waals surface area contributed by atoms with Gasteiger partial charge in [-0.15, -0.1) is 5.10 Å². The summed E-state index contributed by atoms with van der Waals surface area (Å²) >= 11 is 0. The molecule has 1 amide bonds. The van der Waals surface area contributed by atoms with E-state index in [0.29, 0.717) is 25.5 Å². The zero-order valence-corrected chi connectivity index (χ0v) is 16.8. The summed E-state index contributed by atoms with van der Waals surface area (Å²) in [4.78, 5) is 14.7. The fraction of sp³-hybridized carbons (Fsp3) is 0.500. The number of ether oxygens (including phenoxy) is 1. The Kier molecular flexibility index (Phi) is 5.06. The predicted molar refractivity (Wildman–Crippen MR) is 108 cm³/mol. The Morgan fingerprint density at radius 3 is 2.57 bits per heavy atom. The second-order valence-corrected chi connectivity index (χ2v) is 8.82. The SMILES string of the molecule is CC(C)(C)c1ccc(N2CC(CNC(=O)C3Cc4ccccc4CO3)C2)nn1. The summed E-state index contributed by atoms with van der Waals surface area (Å²) in [5, 5.41) is 11.8. The Morgan fingerprint density at radius 2 is 1.89 bits per heavy atom. The molecule has 1 N–H and O–H groups in total. The summed E-state index contributed by atoms with van der Waals surface area (Å²) in [6.07, 6.45) is 0.260. The van der Waals surface area contributed by atoms with Crippen LogP contribution in [0, 0.1) is 5.92 Å². The highest BCUT2D eigenvalue weighted by atomic mass is 16.5. The molecule has 3 heterocycles. The number of anilines is 1. The van der Waals surface area contributed by atoms with Crippen molar-refractivity contribution >= 4 is 11.7 Å². The molecule has 0 bridgehead atoms. The number of hydrogen-bond donors (Lipinski definition) is 1. The van der Waals surface area contributed by atoms with E-state index in [4.69, 9.17) is 4.74 Å². The van der Waals surface area contributed by atoms with Crippen LogP contribution in [0.1, 0.15) is 37.6 Å². The molecule has 2 aromatic rings. The molecule has 2 aliphatic rings. The highest BCUT2D eigenvalue weighted by molar-refractivity contribution is 5.81. The maximum Gasteiger partial charge on any atom is 0.249 e. The highest BCUT2D eigenvalue weighted by Gasteiger charge is 2.30. The van der Waals surface area contributed by atoms with Gasteiger partial charge in [0.05, 0.1) is 12.3 Å². The van der Waals surface area contributed by atoms with Gasteiger partial charge in [0.1, 0.15) is 6.10 Å². The van der Waals surface area contributed by atoms with E-state index in [-0.39, 0.29) is 17.4 Å². The maximum atomic E-state index is 12.5. The van der Waals surface area contributed by atoms with Gasteiger partial charge in [-0.25, -0.2) is 0 Å². The first-order chi connectivity index (χ1) is 13.4. The van der Waals surface area contributed by atoms with Gasteiger partial charge < -0.3 is 15.0 Å². The molecule has 1 aromatic carbocycles. The number of fused-ring (bicyclic) bond motifs is 1. The smallest absolute Gasteiger partial charge is 0.249 e. The minimum atomic E-state index is -0.387. The predicted octanol–water partition coefficient (Wildman–Crippen LogP) is 2.47. The molecule has 1 aromatic heterocycles. The van der Waals surface area contributed by atoms with E-state index >= 15 is 0 Å². The Hall–Kier alpha value is -2.47. The van der Waals surface area contributed by atoms with Gasteiger partial charge >= 0.3 is 0 Å². The largest absolute Gasteiger partial charge is 0.363 e. The van der Waals surface area contributed by atoms with Gasteiger partial charge in [-0.2, -0.15) is 5.10 Å². The number of benzene rings is 1. The minimum Gasteiger partial charge on any atom is -0.363 e. The third-order valence-electron chi connectivity index (χ3n) is 5.52. The second kappa shape index (κ2) is 7.51. The molecule has 4 rings (SSSR count). The lowest BCUT2D eigenvalue weighted by Gasteiger charge is -2.40. The van der Waals surface area contributed by atoms with Crippen molar-refractivity contribution < 1.29 is 9.53 Å². The monoisotopic (exact) mass is 380 g/mol. The van der Waals surface area contributed by atoms with E-state index in [1.165, 1.54) is 11.1 Å². The summed E-state index contributed by atoms with van der Waals surface area (Å²) in [6.45, 7) is 9.35. The molecule has 1 unspecified atom stereocenters. The van der Waals surface area contributed by atoms with E-state index in [2.05, 4.69) is 59.4 Å². The Bertz CT molecular complexity index is 838. The van der Waals surface area contributed by atoms with Crippen molar-refractivity contribution in [1.82, 2.24) is 15.5 Å². The number of nitrogens with zero attached hydrogens (tertiary/aromatic N) is 3. The van der Waals surface area contributed by atoms with Crippen LogP contribution in [0.15, 0.2) is 36.4 Å². The number of amides is 1. The van der Waals surface area contributed by atoms with Crippen LogP contribution in [0.5, 0.6) is 0 Å². The lowest BCUT2D eigenvalue weighted by molar-refractivity contribution is -0.134. The van der Waals surface area contributed by atoms with Crippen molar-refractivity contribution in [2.45, 2.75) is 45.3 Å². The number of hydrogen-bond acceptors (Lipinski definition) is 5. The molecule has 1 fully saturated rings. The average Bonchev–Trinajstić information content (AvgIpc) is 2.66. The van der Waals surface area contributed by atoms with E-state index in [9.17, 15) is 4.79 Å². The van der Waals surface area contributed by atoms with Gasteiger partial charge in [-0.1, -0.05) is 45.0 Å². The molecule has 0 aliphatic carbocycles. The zero-order valence-electron chi connectivity index (χ0n) is 16.8. The molecule has 2 aliphatic heterocycles. The summed E-state index contributed by atoms with van der Waals surface area (Å²) < 4.78 is 5.74. The first-order valence-electron chi connectivity index (χ1n) is 9.95. The summed E-state index contributed by atoms with van der Waals surface area (Å²) in [5.74, 6) is 1.33. The molecular weight excluding hydrogens is 352 g/mol. The fourth-order valence-electron chi connectivity index (χ4n) is 3.65. The van der Waals surface area contributed by atoms with E-state index in [1.54, 1.807) is 0 Å². The number of aromatic nitrogens is 2. The molecule has 0 spiro atoms. The van der Waals surface area contributed by atoms with Crippen LogP contribution >= 0.6 is 0 Å². The normalized spacial score (nSPS) is 19.7. The molecule has 6 nitrogen and oxygen atoms in total. The molecule has 1 saturated heterocycles. The molecule has 148 valence electrons. The van der Waals surface area contributed by atoms with E-state index < -0.39 is 0 Å². The molecule has 6 heteroatoms. The summed E-state index contributed by atoms with van der Waals surface area (Å²) in [7, 11) is 0. The van der Waals surface area contributed by atoms with Gasteiger partial charge in [0, 0.05) is 37.4 Å².